The molecule has 7 heteroatoms. The van der Waals surface area contributed by atoms with Gasteiger partial charge in [0.05, 0.1) is 17.9 Å². The van der Waals surface area contributed by atoms with Gasteiger partial charge in [0.2, 0.25) is 0 Å². The third-order valence-corrected chi connectivity index (χ3v) is 4.83. The lowest BCUT2D eigenvalue weighted by molar-refractivity contribution is 0.102. The number of amides is 1. The standard InChI is InChI=1S/C21H16N2O4S/c1-2-26-15-9-7-13(8-10-15)19(24)23-21-22-17(12-28-21)16-11-14-5-3-4-6-18(14)27-20(16)25/h3-12H,2H2,1H3,(H,22,23,24). The van der Waals surface area contributed by atoms with Gasteiger partial charge < -0.3 is 9.15 Å². The fraction of sp³-hybridized carbons (Fsp3) is 0.0952. The molecule has 0 bridgehead atoms. The number of benzene rings is 2. The highest BCUT2D eigenvalue weighted by Crippen LogP contribution is 2.25. The second kappa shape index (κ2) is 7.66. The van der Waals surface area contributed by atoms with Gasteiger partial charge in [0.25, 0.3) is 5.91 Å². The minimum atomic E-state index is -0.464. The molecule has 0 atom stereocenters. The Bertz CT molecular complexity index is 1190. The van der Waals surface area contributed by atoms with Crippen LogP contribution in [-0.2, 0) is 0 Å². The molecule has 6 nitrogen and oxygen atoms in total. The van der Waals surface area contributed by atoms with E-state index in [-0.39, 0.29) is 5.91 Å². The van der Waals surface area contributed by atoms with Crippen LogP contribution in [-0.4, -0.2) is 17.5 Å². The maximum Gasteiger partial charge on any atom is 0.345 e. The molecule has 4 rings (SSSR count). The predicted octanol–water partition coefficient (Wildman–Crippen LogP) is 4.57. The van der Waals surface area contributed by atoms with Crippen LogP contribution >= 0.6 is 11.3 Å². The SMILES string of the molecule is CCOc1ccc(C(=O)Nc2nc(-c3cc4ccccc4oc3=O)cs2)cc1. The van der Waals surface area contributed by atoms with Crippen molar-refractivity contribution in [1.29, 1.82) is 0 Å². The summed E-state index contributed by atoms with van der Waals surface area (Å²) in [6, 6.07) is 15.9. The number of thiazole rings is 1. The maximum atomic E-state index is 12.4. The number of ether oxygens (including phenoxy) is 1. The van der Waals surface area contributed by atoms with Crippen LogP contribution in [0.4, 0.5) is 5.13 Å². The van der Waals surface area contributed by atoms with Crippen molar-refractivity contribution in [1.82, 2.24) is 4.98 Å². The molecule has 0 radical (unpaired) electrons. The van der Waals surface area contributed by atoms with E-state index < -0.39 is 5.63 Å². The lowest BCUT2D eigenvalue weighted by Crippen LogP contribution is -2.11. The Balaban J connectivity index is 1.55. The van der Waals surface area contributed by atoms with Gasteiger partial charge in [-0.3, -0.25) is 10.1 Å². The monoisotopic (exact) mass is 392 g/mol. The summed E-state index contributed by atoms with van der Waals surface area (Å²) in [4.78, 5) is 29.0. The van der Waals surface area contributed by atoms with Crippen molar-refractivity contribution < 1.29 is 13.9 Å². The van der Waals surface area contributed by atoms with Crippen LogP contribution in [0.15, 0.2) is 69.2 Å². The zero-order valence-corrected chi connectivity index (χ0v) is 15.8. The summed E-state index contributed by atoms with van der Waals surface area (Å²) in [6.07, 6.45) is 0. The van der Waals surface area contributed by atoms with E-state index in [0.717, 1.165) is 5.39 Å². The molecule has 2 aromatic heterocycles. The molecule has 0 saturated heterocycles. The number of carbonyl (C=O) groups excluding carboxylic acids is 1. The number of carbonyl (C=O) groups is 1. The van der Waals surface area contributed by atoms with Crippen molar-refractivity contribution in [3.63, 3.8) is 0 Å². The zero-order chi connectivity index (χ0) is 19.5. The van der Waals surface area contributed by atoms with Crippen LogP contribution in [0.3, 0.4) is 0 Å². The van der Waals surface area contributed by atoms with Gasteiger partial charge in [-0.1, -0.05) is 18.2 Å². The molecule has 0 aliphatic rings. The summed E-state index contributed by atoms with van der Waals surface area (Å²) < 4.78 is 10.7. The highest BCUT2D eigenvalue weighted by Gasteiger charge is 2.14. The molecule has 0 unspecified atom stereocenters. The van der Waals surface area contributed by atoms with Crippen LogP contribution in [0.2, 0.25) is 0 Å². The number of nitrogens with zero attached hydrogens (tertiary/aromatic N) is 1. The summed E-state index contributed by atoms with van der Waals surface area (Å²) in [5.41, 5.74) is 1.37. The fourth-order valence-corrected chi connectivity index (χ4v) is 3.44. The molecule has 140 valence electrons. The molecular weight excluding hydrogens is 376 g/mol. The first-order valence-corrected chi connectivity index (χ1v) is 9.55. The largest absolute Gasteiger partial charge is 0.494 e. The third kappa shape index (κ3) is 3.65. The zero-order valence-electron chi connectivity index (χ0n) is 15.0. The van der Waals surface area contributed by atoms with Crippen molar-refractivity contribution in [2.45, 2.75) is 6.92 Å². The molecule has 0 aliphatic heterocycles. The van der Waals surface area contributed by atoms with Crippen LogP contribution < -0.4 is 15.7 Å². The summed E-state index contributed by atoms with van der Waals surface area (Å²) in [5, 5.41) is 5.68. The Hall–Kier alpha value is -3.45. The van der Waals surface area contributed by atoms with E-state index in [1.807, 2.05) is 25.1 Å². The van der Waals surface area contributed by atoms with Gasteiger partial charge in [0, 0.05) is 16.3 Å². The topological polar surface area (TPSA) is 81.4 Å². The number of para-hydroxylation sites is 1. The lowest BCUT2D eigenvalue weighted by atomic mass is 10.1. The first kappa shape index (κ1) is 17.9. The summed E-state index contributed by atoms with van der Waals surface area (Å²) >= 11 is 1.24. The van der Waals surface area contributed by atoms with Crippen LogP contribution in [0.5, 0.6) is 5.75 Å². The van der Waals surface area contributed by atoms with Gasteiger partial charge in [-0.2, -0.15) is 0 Å². The minimum absolute atomic E-state index is 0.283. The number of rotatable bonds is 5. The Kier molecular flexibility index (Phi) is 4.90. The van der Waals surface area contributed by atoms with E-state index in [0.29, 0.717) is 39.9 Å². The number of fused-ring (bicyclic) bond motifs is 1. The molecule has 0 spiro atoms. The average Bonchev–Trinajstić information content (AvgIpc) is 3.16. The molecule has 4 aromatic rings. The van der Waals surface area contributed by atoms with E-state index in [9.17, 15) is 9.59 Å². The molecule has 2 heterocycles. The van der Waals surface area contributed by atoms with Gasteiger partial charge in [0.1, 0.15) is 11.3 Å². The smallest absolute Gasteiger partial charge is 0.345 e. The molecule has 28 heavy (non-hydrogen) atoms. The molecular formula is C21H16N2O4S. The minimum Gasteiger partial charge on any atom is -0.494 e. The molecule has 0 fully saturated rings. The van der Waals surface area contributed by atoms with Crippen LogP contribution in [0, 0.1) is 0 Å². The summed E-state index contributed by atoms with van der Waals surface area (Å²) in [6.45, 7) is 2.47. The Morgan fingerprint density at radius 2 is 1.96 bits per heavy atom. The first-order valence-electron chi connectivity index (χ1n) is 8.67. The Labute approximate surface area is 164 Å². The Morgan fingerprint density at radius 3 is 2.75 bits per heavy atom. The molecule has 0 saturated carbocycles. The van der Waals surface area contributed by atoms with E-state index in [1.165, 1.54) is 11.3 Å². The predicted molar refractivity (Wildman–Crippen MR) is 109 cm³/mol. The van der Waals surface area contributed by atoms with Crippen molar-refractivity contribution in [2.24, 2.45) is 0 Å². The van der Waals surface area contributed by atoms with E-state index in [4.69, 9.17) is 9.15 Å². The number of hydrogen-bond acceptors (Lipinski definition) is 6. The van der Waals surface area contributed by atoms with Gasteiger partial charge >= 0.3 is 5.63 Å². The molecule has 0 aliphatic carbocycles. The first-order chi connectivity index (χ1) is 13.6. The van der Waals surface area contributed by atoms with Crippen molar-refractivity contribution >= 4 is 33.3 Å². The van der Waals surface area contributed by atoms with Crippen LogP contribution in [0.25, 0.3) is 22.2 Å². The quantitative estimate of drug-likeness (QED) is 0.503. The van der Waals surface area contributed by atoms with Gasteiger partial charge in [-0.15, -0.1) is 11.3 Å². The maximum absolute atomic E-state index is 12.4. The Morgan fingerprint density at radius 1 is 1.18 bits per heavy atom. The van der Waals surface area contributed by atoms with Gasteiger partial charge in [-0.05, 0) is 43.3 Å². The van der Waals surface area contributed by atoms with Crippen LogP contribution in [0.1, 0.15) is 17.3 Å². The lowest BCUT2D eigenvalue weighted by Gasteiger charge is -2.04. The molecule has 2 aromatic carbocycles. The second-order valence-electron chi connectivity index (χ2n) is 5.93. The van der Waals surface area contributed by atoms with Crippen molar-refractivity contribution in [2.75, 3.05) is 11.9 Å². The van der Waals surface area contributed by atoms with Gasteiger partial charge in [0.15, 0.2) is 5.13 Å². The highest BCUT2D eigenvalue weighted by atomic mass is 32.1. The van der Waals surface area contributed by atoms with Crippen molar-refractivity contribution in [3.05, 3.63) is 76.0 Å². The van der Waals surface area contributed by atoms with Gasteiger partial charge in [-0.25, -0.2) is 9.78 Å². The second-order valence-corrected chi connectivity index (χ2v) is 6.79. The number of aromatic nitrogens is 1. The van der Waals surface area contributed by atoms with Crippen molar-refractivity contribution in [3.8, 4) is 17.0 Å². The summed E-state index contributed by atoms with van der Waals surface area (Å²) in [5.74, 6) is 0.424. The third-order valence-electron chi connectivity index (χ3n) is 4.07. The number of hydrogen-bond donors (Lipinski definition) is 1. The number of anilines is 1. The number of nitrogens with one attached hydrogen (secondary N) is 1. The molecule has 1 amide bonds. The van der Waals surface area contributed by atoms with E-state index in [2.05, 4.69) is 10.3 Å². The fourth-order valence-electron chi connectivity index (χ4n) is 2.73. The highest BCUT2D eigenvalue weighted by molar-refractivity contribution is 7.14. The van der Waals surface area contributed by atoms with E-state index in [1.54, 1.807) is 41.8 Å². The summed E-state index contributed by atoms with van der Waals surface area (Å²) in [7, 11) is 0. The average molecular weight is 392 g/mol. The molecule has 1 N–H and O–H groups in total. The van der Waals surface area contributed by atoms with E-state index >= 15 is 0 Å². The normalized spacial score (nSPS) is 10.8.